The second-order valence-electron chi connectivity index (χ2n) is 9.06. The molecular formula is C24H23F3N4O2. The fourth-order valence-electron chi connectivity index (χ4n) is 4.65. The molecule has 1 aliphatic rings. The molecule has 0 aliphatic heterocycles. The summed E-state index contributed by atoms with van der Waals surface area (Å²) < 4.78 is 46.3. The minimum absolute atomic E-state index is 0.151. The first-order valence-corrected chi connectivity index (χ1v) is 11.1. The minimum atomic E-state index is -4.61. The molecule has 0 N–H and O–H groups in total. The van der Waals surface area contributed by atoms with Gasteiger partial charge in [-0.3, -0.25) is 4.68 Å². The van der Waals surface area contributed by atoms with Crippen molar-refractivity contribution in [1.29, 1.82) is 0 Å². The van der Waals surface area contributed by atoms with Crippen LogP contribution in [0, 0.1) is 11.8 Å². The van der Waals surface area contributed by atoms with Crippen LogP contribution in [0.2, 0.25) is 0 Å². The van der Waals surface area contributed by atoms with Gasteiger partial charge in [-0.2, -0.15) is 18.3 Å². The van der Waals surface area contributed by atoms with Crippen LogP contribution in [0.3, 0.4) is 0 Å². The molecule has 3 aromatic heterocycles. The van der Waals surface area contributed by atoms with E-state index in [2.05, 4.69) is 28.9 Å². The number of fused-ring (bicyclic) bond motifs is 2. The second kappa shape index (κ2) is 7.97. The van der Waals surface area contributed by atoms with Gasteiger partial charge in [-0.25, -0.2) is 14.8 Å². The zero-order valence-corrected chi connectivity index (χ0v) is 18.3. The lowest BCUT2D eigenvalue weighted by atomic mass is 9.80. The van der Waals surface area contributed by atoms with Crippen LogP contribution in [-0.4, -0.2) is 19.7 Å². The average Bonchev–Trinajstić information content (AvgIpc) is 3.20. The van der Waals surface area contributed by atoms with Gasteiger partial charge in [0.2, 0.25) is 5.89 Å². The normalized spacial score (nSPS) is 19.6. The smallest absolute Gasteiger partial charge is 0.401 e. The van der Waals surface area contributed by atoms with Crippen LogP contribution in [0.25, 0.3) is 33.4 Å². The molecule has 0 amide bonds. The molecule has 4 aromatic rings. The van der Waals surface area contributed by atoms with Gasteiger partial charge in [0.1, 0.15) is 11.4 Å². The quantitative estimate of drug-likeness (QED) is 0.378. The monoisotopic (exact) mass is 456 g/mol. The maximum Gasteiger partial charge on any atom is 0.433 e. The van der Waals surface area contributed by atoms with Crippen molar-refractivity contribution in [2.24, 2.45) is 11.8 Å². The van der Waals surface area contributed by atoms with Gasteiger partial charge in [-0.15, -0.1) is 0 Å². The third-order valence-corrected chi connectivity index (χ3v) is 6.59. The molecule has 0 atom stereocenters. The zero-order chi connectivity index (χ0) is 23.3. The third-order valence-electron chi connectivity index (χ3n) is 6.59. The number of nitrogens with zero attached hydrogens (tertiary/aromatic N) is 4. The Labute approximate surface area is 187 Å². The van der Waals surface area contributed by atoms with Crippen LogP contribution in [-0.2, 0) is 6.18 Å². The molecule has 0 spiro atoms. The number of hydrogen-bond acceptors (Lipinski definition) is 5. The molecule has 0 unspecified atom stereocenters. The lowest BCUT2D eigenvalue weighted by molar-refractivity contribution is -0.141. The van der Waals surface area contributed by atoms with Crippen molar-refractivity contribution < 1.29 is 17.6 Å². The molecule has 1 fully saturated rings. The number of rotatable bonds is 3. The van der Waals surface area contributed by atoms with Crippen molar-refractivity contribution in [2.75, 3.05) is 0 Å². The Balaban J connectivity index is 1.51. The van der Waals surface area contributed by atoms with Crippen LogP contribution in [0.5, 0.6) is 0 Å². The van der Waals surface area contributed by atoms with Crippen LogP contribution in [0.4, 0.5) is 13.2 Å². The largest absolute Gasteiger partial charge is 0.433 e. The highest BCUT2D eigenvalue weighted by Crippen LogP contribution is 2.36. The standard InChI is InChI=1S/C24H23F3N4O2/c1-13(2)14-6-8-16(9-7-14)31-12-15-10-20-17(11-19(15)30-31)23(32)33-22(29-20)18-4-3-5-21(28-18)24(25,26)27/h3-5,10-14,16H,6-9H2,1-2H3. The molecule has 0 bridgehead atoms. The molecule has 5 rings (SSSR count). The zero-order valence-electron chi connectivity index (χ0n) is 18.3. The van der Waals surface area contributed by atoms with Crippen LogP contribution < -0.4 is 5.63 Å². The Kier molecular flexibility index (Phi) is 5.22. The summed E-state index contributed by atoms with van der Waals surface area (Å²) in [6, 6.07) is 7.05. The summed E-state index contributed by atoms with van der Waals surface area (Å²) >= 11 is 0. The number of aromatic nitrogens is 4. The van der Waals surface area contributed by atoms with E-state index < -0.39 is 17.5 Å². The van der Waals surface area contributed by atoms with E-state index in [1.165, 1.54) is 25.0 Å². The molecule has 1 aromatic carbocycles. The van der Waals surface area contributed by atoms with E-state index in [9.17, 15) is 18.0 Å². The highest BCUT2D eigenvalue weighted by atomic mass is 19.4. The van der Waals surface area contributed by atoms with E-state index in [-0.39, 0.29) is 17.0 Å². The Hall–Kier alpha value is -3.23. The van der Waals surface area contributed by atoms with Crippen LogP contribution >= 0.6 is 0 Å². The minimum Gasteiger partial charge on any atom is -0.401 e. The van der Waals surface area contributed by atoms with Gasteiger partial charge in [0.15, 0.2) is 0 Å². The van der Waals surface area contributed by atoms with Gasteiger partial charge < -0.3 is 4.42 Å². The molecular weight excluding hydrogens is 433 g/mol. The van der Waals surface area contributed by atoms with Crippen molar-refractivity contribution in [3.63, 3.8) is 0 Å². The number of halogens is 3. The predicted molar refractivity (Wildman–Crippen MR) is 118 cm³/mol. The Morgan fingerprint density at radius 1 is 1.06 bits per heavy atom. The molecule has 3 heterocycles. The molecule has 9 heteroatoms. The van der Waals surface area contributed by atoms with E-state index in [1.807, 2.05) is 10.9 Å². The maximum absolute atomic E-state index is 13.0. The van der Waals surface area contributed by atoms with Gasteiger partial charge >= 0.3 is 11.8 Å². The van der Waals surface area contributed by atoms with Crippen molar-refractivity contribution in [2.45, 2.75) is 51.7 Å². The van der Waals surface area contributed by atoms with E-state index in [1.54, 1.807) is 12.1 Å². The molecule has 33 heavy (non-hydrogen) atoms. The summed E-state index contributed by atoms with van der Waals surface area (Å²) in [5, 5.41) is 5.73. The van der Waals surface area contributed by atoms with Gasteiger partial charge in [0.05, 0.1) is 22.5 Å². The highest BCUT2D eigenvalue weighted by Gasteiger charge is 2.33. The fraction of sp³-hybridized carbons (Fsp3) is 0.417. The summed E-state index contributed by atoms with van der Waals surface area (Å²) in [7, 11) is 0. The van der Waals surface area contributed by atoms with E-state index in [4.69, 9.17) is 4.42 Å². The summed E-state index contributed by atoms with van der Waals surface area (Å²) in [4.78, 5) is 20.5. The van der Waals surface area contributed by atoms with Gasteiger partial charge in [0.25, 0.3) is 0 Å². The first-order valence-electron chi connectivity index (χ1n) is 11.1. The van der Waals surface area contributed by atoms with Crippen molar-refractivity contribution >= 4 is 21.8 Å². The molecule has 6 nitrogen and oxygen atoms in total. The lowest BCUT2D eigenvalue weighted by Crippen LogP contribution is -2.21. The summed E-state index contributed by atoms with van der Waals surface area (Å²) in [6.45, 7) is 4.53. The molecule has 172 valence electrons. The maximum atomic E-state index is 13.0. The number of hydrogen-bond donors (Lipinski definition) is 0. The summed E-state index contributed by atoms with van der Waals surface area (Å²) in [5.41, 5.74) is -0.929. The number of benzene rings is 1. The number of pyridine rings is 1. The fourth-order valence-corrected chi connectivity index (χ4v) is 4.65. The third kappa shape index (κ3) is 4.12. The first-order chi connectivity index (χ1) is 15.7. The second-order valence-corrected chi connectivity index (χ2v) is 9.06. The van der Waals surface area contributed by atoms with E-state index in [0.717, 1.165) is 30.2 Å². The Bertz CT molecular complexity index is 1380. The summed E-state index contributed by atoms with van der Waals surface area (Å²) in [5.74, 6) is 1.17. The highest BCUT2D eigenvalue weighted by molar-refractivity contribution is 5.94. The van der Waals surface area contributed by atoms with Crippen molar-refractivity contribution in [3.8, 4) is 11.6 Å². The van der Waals surface area contributed by atoms with Crippen molar-refractivity contribution in [1.82, 2.24) is 19.7 Å². The lowest BCUT2D eigenvalue weighted by Gasteiger charge is -2.30. The van der Waals surface area contributed by atoms with Gasteiger partial charge in [-0.05, 0) is 61.8 Å². The molecule has 0 saturated heterocycles. The molecule has 1 saturated carbocycles. The predicted octanol–water partition coefficient (Wildman–Crippen LogP) is 6.01. The van der Waals surface area contributed by atoms with E-state index >= 15 is 0 Å². The first kappa shape index (κ1) is 21.6. The van der Waals surface area contributed by atoms with Crippen LogP contribution in [0.1, 0.15) is 51.3 Å². The number of alkyl halides is 3. The van der Waals surface area contributed by atoms with Gasteiger partial charge in [0, 0.05) is 11.6 Å². The van der Waals surface area contributed by atoms with E-state index in [0.29, 0.717) is 23.0 Å². The van der Waals surface area contributed by atoms with Crippen molar-refractivity contribution in [3.05, 3.63) is 52.6 Å². The molecule has 0 radical (unpaired) electrons. The topological polar surface area (TPSA) is 73.8 Å². The molecule has 1 aliphatic carbocycles. The Morgan fingerprint density at radius 2 is 1.82 bits per heavy atom. The SMILES string of the molecule is CC(C)C1CCC(n2cc3cc4nc(-c5cccc(C(F)(F)F)n5)oc(=O)c4cc3n2)CC1. The average molecular weight is 456 g/mol. The van der Waals surface area contributed by atoms with Crippen LogP contribution in [0.15, 0.2) is 45.7 Å². The van der Waals surface area contributed by atoms with Gasteiger partial charge in [-0.1, -0.05) is 19.9 Å². The Morgan fingerprint density at radius 3 is 2.52 bits per heavy atom. The summed E-state index contributed by atoms with van der Waals surface area (Å²) in [6.07, 6.45) is 1.79.